The number of nitrogens with zero attached hydrogens (tertiary/aromatic N) is 1. The first-order valence-corrected chi connectivity index (χ1v) is 11.5. The molecule has 0 aliphatic carbocycles. The minimum Gasteiger partial charge on any atom is -0.493 e. The molecule has 0 aromatic heterocycles. The molecular weight excluding hydrogens is 404 g/mol. The number of benzene rings is 2. The minimum absolute atomic E-state index is 0.158. The van der Waals surface area contributed by atoms with Crippen LogP contribution in [0.3, 0.4) is 0 Å². The number of nitrogens with one attached hydrogen (secondary N) is 1. The van der Waals surface area contributed by atoms with Crippen molar-refractivity contribution in [1.29, 1.82) is 0 Å². The molecule has 0 saturated carbocycles. The van der Waals surface area contributed by atoms with Gasteiger partial charge in [-0.1, -0.05) is 24.6 Å². The van der Waals surface area contributed by atoms with Crippen LogP contribution in [-0.2, 0) is 10.0 Å². The molecule has 1 N–H and O–H groups in total. The third-order valence-corrected chi connectivity index (χ3v) is 7.02. The Bertz CT molecular complexity index is 985. The second kappa shape index (κ2) is 9.95. The largest absolute Gasteiger partial charge is 0.493 e. The molecule has 8 heteroatoms. The summed E-state index contributed by atoms with van der Waals surface area (Å²) in [6.07, 6.45) is 2.78. The van der Waals surface area contributed by atoms with Crippen LogP contribution in [0.15, 0.2) is 47.4 Å². The third kappa shape index (κ3) is 5.12. The molecule has 0 atom stereocenters. The molecule has 0 radical (unpaired) electrons. The minimum atomic E-state index is -3.59. The van der Waals surface area contributed by atoms with Gasteiger partial charge in [0.15, 0.2) is 11.5 Å². The summed E-state index contributed by atoms with van der Waals surface area (Å²) in [5.41, 5.74) is 1.07. The van der Waals surface area contributed by atoms with Gasteiger partial charge in [0.05, 0.1) is 18.6 Å². The number of rotatable bonds is 8. The monoisotopic (exact) mass is 432 g/mol. The van der Waals surface area contributed by atoms with Crippen molar-refractivity contribution in [3.63, 3.8) is 0 Å². The van der Waals surface area contributed by atoms with Gasteiger partial charge in [-0.15, -0.1) is 0 Å². The summed E-state index contributed by atoms with van der Waals surface area (Å²) in [7, 11) is -2.02. The summed E-state index contributed by atoms with van der Waals surface area (Å²) in [6, 6.07) is 12.0. The normalized spacial score (nSPS) is 14.9. The number of carbonyl (C=O) groups is 1. The van der Waals surface area contributed by atoms with Crippen LogP contribution in [-0.4, -0.2) is 52.0 Å². The summed E-state index contributed by atoms with van der Waals surface area (Å²) in [4.78, 5) is 12.8. The smallest absolute Gasteiger partial charge is 0.251 e. The fourth-order valence-corrected chi connectivity index (χ4v) is 4.96. The standard InChI is InChI=1S/C22H28N2O5S/c1-17-10-11-18(30(26,27)24-13-6-3-7-14-24)16-19(17)22(25)23-12-15-29-21-9-5-4-8-20(21)28-2/h4-5,8-11,16H,3,6-7,12-15H2,1-2H3,(H,23,25). The lowest BCUT2D eigenvalue weighted by atomic mass is 10.1. The first-order valence-electron chi connectivity index (χ1n) is 10.1. The van der Waals surface area contributed by atoms with Crippen molar-refractivity contribution >= 4 is 15.9 Å². The zero-order valence-corrected chi connectivity index (χ0v) is 18.2. The van der Waals surface area contributed by atoms with E-state index in [1.807, 2.05) is 12.1 Å². The summed E-state index contributed by atoms with van der Waals surface area (Å²) in [5.74, 6) is 0.891. The van der Waals surface area contributed by atoms with E-state index in [1.54, 1.807) is 38.3 Å². The SMILES string of the molecule is COc1ccccc1OCCNC(=O)c1cc(S(=O)(=O)N2CCCCC2)ccc1C. The number of para-hydroxylation sites is 2. The Morgan fingerprint density at radius 3 is 2.47 bits per heavy atom. The maximum atomic E-state index is 12.9. The molecule has 30 heavy (non-hydrogen) atoms. The molecule has 1 aliphatic rings. The van der Waals surface area contributed by atoms with E-state index in [1.165, 1.54) is 10.4 Å². The molecule has 1 aliphatic heterocycles. The molecule has 1 heterocycles. The number of piperidine rings is 1. The quantitative estimate of drug-likeness (QED) is 0.648. The lowest BCUT2D eigenvalue weighted by Gasteiger charge is -2.26. The zero-order chi connectivity index (χ0) is 21.6. The van der Waals surface area contributed by atoms with E-state index in [0.717, 1.165) is 24.8 Å². The summed E-state index contributed by atoms with van der Waals surface area (Å²) >= 11 is 0. The van der Waals surface area contributed by atoms with Gasteiger partial charge in [-0.05, 0) is 49.6 Å². The van der Waals surface area contributed by atoms with E-state index < -0.39 is 10.0 Å². The Hall–Kier alpha value is -2.58. The Morgan fingerprint density at radius 2 is 1.77 bits per heavy atom. The average Bonchev–Trinajstić information content (AvgIpc) is 2.77. The van der Waals surface area contributed by atoms with Crippen molar-refractivity contribution in [1.82, 2.24) is 9.62 Å². The Labute approximate surface area is 178 Å². The van der Waals surface area contributed by atoms with Crippen LogP contribution in [0, 0.1) is 6.92 Å². The lowest BCUT2D eigenvalue weighted by Crippen LogP contribution is -2.36. The summed E-state index contributed by atoms with van der Waals surface area (Å²) in [5, 5.41) is 2.79. The van der Waals surface area contributed by atoms with E-state index in [0.29, 0.717) is 30.2 Å². The molecule has 1 saturated heterocycles. The highest BCUT2D eigenvalue weighted by atomic mass is 32.2. The van der Waals surface area contributed by atoms with Crippen LogP contribution in [0.4, 0.5) is 0 Å². The number of aryl methyl sites for hydroxylation is 1. The maximum absolute atomic E-state index is 12.9. The first-order chi connectivity index (χ1) is 14.4. The Balaban J connectivity index is 1.63. The van der Waals surface area contributed by atoms with Crippen molar-refractivity contribution < 1.29 is 22.7 Å². The van der Waals surface area contributed by atoms with Gasteiger partial charge in [-0.25, -0.2) is 8.42 Å². The van der Waals surface area contributed by atoms with Crippen molar-refractivity contribution in [3.8, 4) is 11.5 Å². The van der Waals surface area contributed by atoms with Crippen LogP contribution in [0.5, 0.6) is 11.5 Å². The summed E-state index contributed by atoms with van der Waals surface area (Å²) < 4.78 is 38.2. The molecule has 0 unspecified atom stereocenters. The highest BCUT2D eigenvalue weighted by Crippen LogP contribution is 2.25. The van der Waals surface area contributed by atoms with Crippen molar-refractivity contribution in [2.75, 3.05) is 33.4 Å². The number of hydrogen-bond donors (Lipinski definition) is 1. The van der Waals surface area contributed by atoms with Gasteiger partial charge in [0.1, 0.15) is 6.61 Å². The molecule has 2 aromatic rings. The Morgan fingerprint density at radius 1 is 1.07 bits per heavy atom. The molecular formula is C22H28N2O5S. The zero-order valence-electron chi connectivity index (χ0n) is 17.4. The molecule has 162 valence electrons. The average molecular weight is 433 g/mol. The van der Waals surface area contributed by atoms with Gasteiger partial charge in [0, 0.05) is 18.7 Å². The molecule has 3 rings (SSSR count). The summed E-state index contributed by atoms with van der Waals surface area (Å²) in [6.45, 7) is 3.38. The predicted molar refractivity (Wildman–Crippen MR) is 115 cm³/mol. The van der Waals surface area contributed by atoms with Gasteiger partial charge < -0.3 is 14.8 Å². The number of ether oxygens (including phenoxy) is 2. The second-order valence-corrected chi connectivity index (χ2v) is 9.13. The van der Waals surface area contributed by atoms with Gasteiger partial charge in [0.2, 0.25) is 10.0 Å². The highest BCUT2D eigenvalue weighted by molar-refractivity contribution is 7.89. The number of sulfonamides is 1. The maximum Gasteiger partial charge on any atom is 0.251 e. The number of methoxy groups -OCH3 is 1. The fraction of sp³-hybridized carbons (Fsp3) is 0.409. The van der Waals surface area contributed by atoms with Crippen molar-refractivity contribution in [2.45, 2.75) is 31.1 Å². The van der Waals surface area contributed by atoms with E-state index in [-0.39, 0.29) is 24.0 Å². The number of amides is 1. The molecule has 7 nitrogen and oxygen atoms in total. The molecule has 0 bridgehead atoms. The first kappa shape index (κ1) is 22.1. The number of hydrogen-bond acceptors (Lipinski definition) is 5. The van der Waals surface area contributed by atoms with Crippen LogP contribution >= 0.6 is 0 Å². The molecule has 0 spiro atoms. The second-order valence-electron chi connectivity index (χ2n) is 7.20. The van der Waals surface area contributed by atoms with Crippen LogP contribution in [0.2, 0.25) is 0 Å². The number of carbonyl (C=O) groups excluding carboxylic acids is 1. The van der Waals surface area contributed by atoms with E-state index in [9.17, 15) is 13.2 Å². The van der Waals surface area contributed by atoms with Gasteiger partial charge >= 0.3 is 0 Å². The molecule has 1 amide bonds. The van der Waals surface area contributed by atoms with Crippen molar-refractivity contribution in [3.05, 3.63) is 53.6 Å². The fourth-order valence-electron chi connectivity index (χ4n) is 3.42. The van der Waals surface area contributed by atoms with E-state index in [4.69, 9.17) is 9.47 Å². The van der Waals surface area contributed by atoms with E-state index in [2.05, 4.69) is 5.32 Å². The third-order valence-electron chi connectivity index (χ3n) is 5.12. The van der Waals surface area contributed by atoms with E-state index >= 15 is 0 Å². The van der Waals surface area contributed by atoms with Crippen LogP contribution < -0.4 is 14.8 Å². The topological polar surface area (TPSA) is 84.9 Å². The molecule has 2 aromatic carbocycles. The van der Waals surface area contributed by atoms with Crippen LogP contribution in [0.1, 0.15) is 35.2 Å². The predicted octanol–water partition coefficient (Wildman–Crippen LogP) is 2.99. The lowest BCUT2D eigenvalue weighted by molar-refractivity contribution is 0.0946. The van der Waals surface area contributed by atoms with Crippen LogP contribution in [0.25, 0.3) is 0 Å². The van der Waals surface area contributed by atoms with Crippen molar-refractivity contribution in [2.24, 2.45) is 0 Å². The highest BCUT2D eigenvalue weighted by Gasteiger charge is 2.27. The molecule has 1 fully saturated rings. The Kier molecular flexibility index (Phi) is 7.33. The van der Waals surface area contributed by atoms with Gasteiger partial charge in [-0.2, -0.15) is 4.31 Å². The van der Waals surface area contributed by atoms with Gasteiger partial charge in [0.25, 0.3) is 5.91 Å². The van der Waals surface area contributed by atoms with Gasteiger partial charge in [-0.3, -0.25) is 4.79 Å².